The lowest BCUT2D eigenvalue weighted by molar-refractivity contribution is -0.118. The summed E-state index contributed by atoms with van der Waals surface area (Å²) < 4.78 is 28.9. The minimum Gasteiger partial charge on any atom is -0.308 e. The lowest BCUT2D eigenvalue weighted by Crippen LogP contribution is -2.29. The van der Waals surface area contributed by atoms with Gasteiger partial charge in [0.15, 0.2) is 5.82 Å². The molecule has 1 aliphatic rings. The van der Waals surface area contributed by atoms with Crippen LogP contribution >= 0.6 is 11.6 Å². The Morgan fingerprint density at radius 2 is 2.00 bits per heavy atom. The van der Waals surface area contributed by atoms with Gasteiger partial charge in [-0.2, -0.15) is 9.49 Å². The fourth-order valence-corrected chi connectivity index (χ4v) is 3.09. The summed E-state index contributed by atoms with van der Waals surface area (Å²) in [5, 5.41) is 7.20. The summed E-state index contributed by atoms with van der Waals surface area (Å²) in [6, 6.07) is 8.72. The van der Waals surface area contributed by atoms with Gasteiger partial charge in [-0.1, -0.05) is 17.7 Å². The predicted molar refractivity (Wildman–Crippen MR) is 92.3 cm³/mol. The van der Waals surface area contributed by atoms with Gasteiger partial charge in [0.2, 0.25) is 11.9 Å². The summed E-state index contributed by atoms with van der Waals surface area (Å²) in [7, 11) is 0. The highest BCUT2D eigenvalue weighted by atomic mass is 35.5. The Balaban J connectivity index is 1.55. The van der Waals surface area contributed by atoms with Gasteiger partial charge >= 0.3 is 0 Å². The summed E-state index contributed by atoms with van der Waals surface area (Å²) in [5.74, 6) is -1.15. The van der Waals surface area contributed by atoms with Gasteiger partial charge in [-0.25, -0.2) is 14.1 Å². The maximum Gasteiger partial charge on any atom is 0.236 e. The number of pyridine rings is 1. The number of nitrogens with one attached hydrogen (secondary N) is 1. The minimum absolute atomic E-state index is 0.283. The third-order valence-corrected chi connectivity index (χ3v) is 4.67. The minimum atomic E-state index is -0.902. The van der Waals surface area contributed by atoms with E-state index in [9.17, 15) is 13.6 Å². The fraction of sp³-hybridized carbons (Fsp3) is 0.167. The van der Waals surface area contributed by atoms with Crippen molar-refractivity contribution in [2.75, 3.05) is 5.32 Å². The number of hydrogen-bond donors (Lipinski definition) is 1. The van der Waals surface area contributed by atoms with Crippen molar-refractivity contribution < 1.29 is 13.6 Å². The number of halogens is 3. The zero-order valence-electron chi connectivity index (χ0n) is 13.4. The SMILES string of the molecule is O=C(Nc1ccn(-c2ccnc(F)c2)n1)C1(c2ccc(Cl)cc2F)CC1. The van der Waals surface area contributed by atoms with Crippen LogP contribution in [0.2, 0.25) is 5.02 Å². The molecule has 1 fully saturated rings. The Morgan fingerprint density at radius 1 is 1.19 bits per heavy atom. The molecule has 0 spiro atoms. The zero-order chi connectivity index (χ0) is 18.3. The van der Waals surface area contributed by atoms with Crippen molar-refractivity contribution in [3.63, 3.8) is 0 Å². The van der Waals surface area contributed by atoms with Gasteiger partial charge in [0, 0.05) is 35.1 Å². The van der Waals surface area contributed by atoms with E-state index in [1.165, 1.54) is 23.0 Å². The second kappa shape index (κ2) is 6.17. The van der Waals surface area contributed by atoms with Gasteiger partial charge in [-0.3, -0.25) is 4.79 Å². The topological polar surface area (TPSA) is 59.8 Å². The second-order valence-electron chi connectivity index (χ2n) is 6.14. The van der Waals surface area contributed by atoms with Gasteiger partial charge < -0.3 is 5.32 Å². The molecule has 26 heavy (non-hydrogen) atoms. The lowest BCUT2D eigenvalue weighted by Gasteiger charge is -2.15. The van der Waals surface area contributed by atoms with E-state index >= 15 is 0 Å². The molecular weight excluding hydrogens is 362 g/mol. The number of rotatable bonds is 4. The molecule has 4 rings (SSSR count). The van der Waals surface area contributed by atoms with Crippen LogP contribution in [0.5, 0.6) is 0 Å². The summed E-state index contributed by atoms with van der Waals surface area (Å²) >= 11 is 5.78. The highest BCUT2D eigenvalue weighted by Gasteiger charge is 2.52. The molecule has 0 saturated heterocycles. The first kappa shape index (κ1) is 16.7. The first-order valence-electron chi connectivity index (χ1n) is 7.92. The Labute approximate surface area is 152 Å². The van der Waals surface area contributed by atoms with Gasteiger partial charge in [-0.05, 0) is 31.0 Å². The average Bonchev–Trinajstić information content (AvgIpc) is 3.27. The van der Waals surface area contributed by atoms with E-state index in [0.29, 0.717) is 29.9 Å². The molecule has 0 atom stereocenters. The van der Waals surface area contributed by atoms with E-state index in [2.05, 4.69) is 15.4 Å². The molecule has 0 unspecified atom stereocenters. The molecule has 1 aliphatic carbocycles. The lowest BCUT2D eigenvalue weighted by atomic mass is 9.94. The summed E-state index contributed by atoms with van der Waals surface area (Å²) in [5.41, 5.74) is -0.0979. The summed E-state index contributed by atoms with van der Waals surface area (Å²) in [4.78, 5) is 16.2. The largest absolute Gasteiger partial charge is 0.308 e. The van der Waals surface area contributed by atoms with Crippen molar-refractivity contribution in [2.45, 2.75) is 18.3 Å². The Bertz CT molecular complexity index is 1000. The van der Waals surface area contributed by atoms with E-state index in [1.807, 2.05) is 0 Å². The highest BCUT2D eigenvalue weighted by molar-refractivity contribution is 6.30. The van der Waals surface area contributed by atoms with Gasteiger partial charge in [0.25, 0.3) is 0 Å². The first-order chi connectivity index (χ1) is 12.5. The third kappa shape index (κ3) is 2.94. The van der Waals surface area contributed by atoms with E-state index in [0.717, 1.165) is 0 Å². The van der Waals surface area contributed by atoms with Crippen molar-refractivity contribution in [3.05, 3.63) is 71.1 Å². The van der Waals surface area contributed by atoms with Crippen LogP contribution in [0.1, 0.15) is 18.4 Å². The molecule has 8 heteroatoms. The molecule has 1 saturated carbocycles. The molecule has 1 aromatic carbocycles. The number of nitrogens with zero attached hydrogens (tertiary/aromatic N) is 3. The molecule has 1 amide bonds. The quantitative estimate of drug-likeness (QED) is 0.705. The smallest absolute Gasteiger partial charge is 0.236 e. The van der Waals surface area contributed by atoms with Crippen LogP contribution in [0.25, 0.3) is 5.69 Å². The maximum absolute atomic E-state index is 14.2. The Hall–Kier alpha value is -2.80. The van der Waals surface area contributed by atoms with E-state index in [4.69, 9.17) is 11.6 Å². The number of amides is 1. The number of anilines is 1. The van der Waals surface area contributed by atoms with Crippen LogP contribution in [0.15, 0.2) is 48.8 Å². The van der Waals surface area contributed by atoms with Gasteiger partial charge in [0.1, 0.15) is 5.82 Å². The number of carbonyl (C=O) groups excluding carboxylic acids is 1. The molecule has 2 heterocycles. The number of hydrogen-bond acceptors (Lipinski definition) is 3. The number of carbonyl (C=O) groups is 1. The molecule has 2 aromatic heterocycles. The van der Waals surface area contributed by atoms with Crippen molar-refractivity contribution >= 4 is 23.3 Å². The van der Waals surface area contributed by atoms with Crippen molar-refractivity contribution in [2.24, 2.45) is 0 Å². The van der Waals surface area contributed by atoms with E-state index < -0.39 is 17.2 Å². The van der Waals surface area contributed by atoms with Crippen molar-refractivity contribution in [1.29, 1.82) is 0 Å². The maximum atomic E-state index is 14.2. The molecular formula is C18H13ClF2N4O. The molecule has 5 nitrogen and oxygen atoms in total. The van der Waals surface area contributed by atoms with Crippen molar-refractivity contribution in [1.82, 2.24) is 14.8 Å². The molecule has 132 valence electrons. The summed E-state index contributed by atoms with van der Waals surface area (Å²) in [6.45, 7) is 0. The van der Waals surface area contributed by atoms with Crippen LogP contribution in [0, 0.1) is 11.8 Å². The van der Waals surface area contributed by atoms with Crippen LogP contribution in [-0.2, 0) is 10.2 Å². The van der Waals surface area contributed by atoms with Crippen LogP contribution in [-0.4, -0.2) is 20.7 Å². The van der Waals surface area contributed by atoms with Gasteiger partial charge in [-0.15, -0.1) is 0 Å². The Morgan fingerprint density at radius 3 is 2.69 bits per heavy atom. The van der Waals surface area contributed by atoms with E-state index in [-0.39, 0.29) is 10.9 Å². The normalized spacial score (nSPS) is 14.9. The molecule has 0 bridgehead atoms. The first-order valence-corrected chi connectivity index (χ1v) is 8.30. The monoisotopic (exact) mass is 374 g/mol. The molecule has 0 radical (unpaired) electrons. The Kier molecular flexibility index (Phi) is 3.96. The molecule has 1 N–H and O–H groups in total. The van der Waals surface area contributed by atoms with Gasteiger partial charge in [0.05, 0.1) is 11.1 Å². The van der Waals surface area contributed by atoms with E-state index in [1.54, 1.807) is 30.5 Å². The zero-order valence-corrected chi connectivity index (χ0v) is 14.2. The fourth-order valence-electron chi connectivity index (χ4n) is 2.93. The standard InChI is InChI=1S/C18H13ClF2N4O/c19-11-1-2-13(14(20)9-11)18(5-6-18)17(26)23-16-4-8-25(24-16)12-3-7-22-15(21)10-12/h1-4,7-10H,5-6H2,(H,23,24,26). The molecule has 0 aliphatic heterocycles. The number of benzene rings is 1. The van der Waals surface area contributed by atoms with Crippen molar-refractivity contribution in [3.8, 4) is 5.69 Å². The highest BCUT2D eigenvalue weighted by Crippen LogP contribution is 2.50. The third-order valence-electron chi connectivity index (χ3n) is 4.44. The average molecular weight is 375 g/mol. The second-order valence-corrected chi connectivity index (χ2v) is 6.58. The molecule has 3 aromatic rings. The predicted octanol–water partition coefficient (Wildman–Crippen LogP) is 3.87. The number of aromatic nitrogens is 3. The van der Waals surface area contributed by atoms with Crippen LogP contribution < -0.4 is 5.32 Å². The van der Waals surface area contributed by atoms with Crippen LogP contribution in [0.3, 0.4) is 0 Å². The van der Waals surface area contributed by atoms with Crippen LogP contribution in [0.4, 0.5) is 14.6 Å². The summed E-state index contributed by atoms with van der Waals surface area (Å²) in [6.07, 6.45) is 4.02.